The van der Waals surface area contributed by atoms with Crippen LogP contribution in [0.4, 0.5) is 0 Å². The third-order valence-electron chi connectivity index (χ3n) is 4.32. The molecule has 1 nitrogen and oxygen atoms in total. The van der Waals surface area contributed by atoms with Gasteiger partial charge in [0.1, 0.15) is 0 Å². The van der Waals surface area contributed by atoms with E-state index in [1.54, 1.807) is 5.57 Å². The minimum Gasteiger partial charge on any atom is -0.316 e. The van der Waals surface area contributed by atoms with Crippen LogP contribution in [0, 0.1) is 5.41 Å². The van der Waals surface area contributed by atoms with Crippen molar-refractivity contribution in [1.82, 2.24) is 5.32 Å². The molecule has 0 radical (unpaired) electrons. The first-order valence-electron chi connectivity index (χ1n) is 8.19. The average molecular weight is 251 g/mol. The van der Waals surface area contributed by atoms with E-state index in [-0.39, 0.29) is 0 Å². The van der Waals surface area contributed by atoms with E-state index in [4.69, 9.17) is 0 Å². The van der Waals surface area contributed by atoms with Crippen LogP contribution in [0.3, 0.4) is 0 Å². The number of rotatable bonds is 9. The summed E-state index contributed by atoms with van der Waals surface area (Å²) in [4.78, 5) is 0. The van der Waals surface area contributed by atoms with E-state index in [1.807, 2.05) is 0 Å². The zero-order valence-electron chi connectivity index (χ0n) is 12.9. The Hall–Kier alpha value is -0.300. The second kappa shape index (κ2) is 8.74. The lowest BCUT2D eigenvalue weighted by Gasteiger charge is -2.38. The number of hydrogen-bond acceptors (Lipinski definition) is 1. The largest absolute Gasteiger partial charge is 0.316 e. The average Bonchev–Trinajstić information content (AvgIpc) is 2.40. The summed E-state index contributed by atoms with van der Waals surface area (Å²) in [6.45, 7) is 9.31. The number of hydrogen-bond donors (Lipinski definition) is 1. The predicted octanol–water partition coefficient (Wildman–Crippen LogP) is 5.07. The van der Waals surface area contributed by atoms with Gasteiger partial charge in [-0.25, -0.2) is 0 Å². The van der Waals surface area contributed by atoms with Crippen LogP contribution >= 0.6 is 0 Å². The Morgan fingerprint density at radius 1 is 1.06 bits per heavy atom. The van der Waals surface area contributed by atoms with Gasteiger partial charge in [0.05, 0.1) is 0 Å². The Bertz CT molecular complexity index is 236. The summed E-state index contributed by atoms with van der Waals surface area (Å²) >= 11 is 0. The van der Waals surface area contributed by atoms with Crippen LogP contribution in [0.15, 0.2) is 11.6 Å². The van der Waals surface area contributed by atoms with Crippen molar-refractivity contribution < 1.29 is 0 Å². The fourth-order valence-electron chi connectivity index (χ4n) is 3.52. The molecule has 0 amide bonds. The molecule has 0 spiro atoms. The molecule has 1 aliphatic rings. The third-order valence-corrected chi connectivity index (χ3v) is 4.32. The van der Waals surface area contributed by atoms with Gasteiger partial charge in [0.15, 0.2) is 0 Å². The molecule has 1 heteroatoms. The minimum absolute atomic E-state index is 0.471. The molecule has 0 atom stereocenters. The molecule has 18 heavy (non-hydrogen) atoms. The van der Waals surface area contributed by atoms with E-state index >= 15 is 0 Å². The Labute approximate surface area is 114 Å². The summed E-state index contributed by atoms with van der Waals surface area (Å²) in [5.74, 6) is 0. The fourth-order valence-corrected chi connectivity index (χ4v) is 3.52. The van der Waals surface area contributed by atoms with Crippen molar-refractivity contribution in [3.63, 3.8) is 0 Å². The summed E-state index contributed by atoms with van der Waals surface area (Å²) in [6.07, 6.45) is 14.7. The van der Waals surface area contributed by atoms with Gasteiger partial charge in [0, 0.05) is 12.0 Å². The molecule has 1 aliphatic carbocycles. The molecule has 0 saturated carbocycles. The first-order chi connectivity index (χ1) is 8.79. The minimum atomic E-state index is 0.471. The zero-order chi connectivity index (χ0) is 13.3. The molecular weight excluding hydrogens is 218 g/mol. The topological polar surface area (TPSA) is 12.0 Å². The van der Waals surface area contributed by atoms with Gasteiger partial charge in [-0.1, -0.05) is 45.3 Å². The molecule has 1 rings (SSSR count). The molecule has 0 aromatic heterocycles. The predicted molar refractivity (Wildman–Crippen MR) is 82.0 cm³/mol. The van der Waals surface area contributed by atoms with Crippen molar-refractivity contribution >= 4 is 0 Å². The van der Waals surface area contributed by atoms with Crippen LogP contribution in [0.25, 0.3) is 0 Å². The maximum Gasteiger partial charge on any atom is 0.00452 e. The third kappa shape index (κ3) is 4.42. The lowest BCUT2D eigenvalue weighted by atomic mass is 9.69. The first-order valence-corrected chi connectivity index (χ1v) is 8.19. The molecule has 106 valence electrons. The lowest BCUT2D eigenvalue weighted by Crippen LogP contribution is -2.37. The highest BCUT2D eigenvalue weighted by molar-refractivity contribution is 5.17. The van der Waals surface area contributed by atoms with Crippen molar-refractivity contribution in [1.29, 1.82) is 0 Å². The smallest absolute Gasteiger partial charge is 0.00452 e. The quantitative estimate of drug-likeness (QED) is 0.445. The summed E-state index contributed by atoms with van der Waals surface area (Å²) < 4.78 is 0. The van der Waals surface area contributed by atoms with Crippen LogP contribution in [-0.2, 0) is 0 Å². The SMILES string of the molecule is CCCNCC(CCC)(CCC)C1=CCCCC1. The second-order valence-corrected chi connectivity index (χ2v) is 5.93. The highest BCUT2D eigenvalue weighted by Gasteiger charge is 2.32. The molecule has 0 aromatic rings. The van der Waals surface area contributed by atoms with E-state index in [2.05, 4.69) is 32.2 Å². The highest BCUT2D eigenvalue weighted by Crippen LogP contribution is 2.41. The van der Waals surface area contributed by atoms with Crippen LogP contribution in [0.1, 0.15) is 78.6 Å². The van der Waals surface area contributed by atoms with Crippen LogP contribution in [0.2, 0.25) is 0 Å². The molecule has 0 bridgehead atoms. The van der Waals surface area contributed by atoms with Gasteiger partial charge in [0.25, 0.3) is 0 Å². The maximum atomic E-state index is 3.70. The first kappa shape index (κ1) is 15.8. The standard InChI is InChI=1S/C17H33N/c1-4-12-17(13-5-2,15-18-14-6-3)16-10-8-7-9-11-16/h10,18H,4-9,11-15H2,1-3H3. The van der Waals surface area contributed by atoms with E-state index in [0.29, 0.717) is 5.41 Å². The molecule has 0 saturated heterocycles. The summed E-state index contributed by atoms with van der Waals surface area (Å²) in [5, 5.41) is 3.70. The molecule has 0 unspecified atom stereocenters. The Morgan fingerprint density at radius 3 is 2.28 bits per heavy atom. The van der Waals surface area contributed by atoms with Crippen molar-refractivity contribution in [3.8, 4) is 0 Å². The van der Waals surface area contributed by atoms with Crippen molar-refractivity contribution in [3.05, 3.63) is 11.6 Å². The van der Waals surface area contributed by atoms with Gasteiger partial charge in [-0.2, -0.15) is 0 Å². The second-order valence-electron chi connectivity index (χ2n) is 5.93. The molecule has 0 aromatic carbocycles. The van der Waals surface area contributed by atoms with Gasteiger partial charge in [-0.3, -0.25) is 0 Å². The lowest BCUT2D eigenvalue weighted by molar-refractivity contribution is 0.265. The Kier molecular flexibility index (Phi) is 7.65. The van der Waals surface area contributed by atoms with Gasteiger partial charge in [-0.15, -0.1) is 0 Å². The Balaban J connectivity index is 2.77. The molecule has 0 aliphatic heterocycles. The van der Waals surface area contributed by atoms with Crippen molar-refractivity contribution in [2.24, 2.45) is 5.41 Å². The molecule has 0 heterocycles. The summed E-state index contributed by atoms with van der Waals surface area (Å²) in [7, 11) is 0. The Morgan fingerprint density at radius 2 is 1.78 bits per heavy atom. The summed E-state index contributed by atoms with van der Waals surface area (Å²) in [5.41, 5.74) is 2.25. The van der Waals surface area contributed by atoms with E-state index in [0.717, 1.165) is 0 Å². The van der Waals surface area contributed by atoms with Crippen LogP contribution < -0.4 is 5.32 Å². The van der Waals surface area contributed by atoms with E-state index < -0.39 is 0 Å². The maximum absolute atomic E-state index is 3.70. The fraction of sp³-hybridized carbons (Fsp3) is 0.882. The van der Waals surface area contributed by atoms with Crippen molar-refractivity contribution in [2.75, 3.05) is 13.1 Å². The van der Waals surface area contributed by atoms with Gasteiger partial charge in [0.2, 0.25) is 0 Å². The molecule has 1 N–H and O–H groups in total. The van der Waals surface area contributed by atoms with Gasteiger partial charge in [-0.05, 0) is 51.5 Å². The van der Waals surface area contributed by atoms with E-state index in [1.165, 1.54) is 70.9 Å². The number of nitrogens with one attached hydrogen (secondary N) is 1. The van der Waals surface area contributed by atoms with Gasteiger partial charge >= 0.3 is 0 Å². The van der Waals surface area contributed by atoms with E-state index in [9.17, 15) is 0 Å². The zero-order valence-corrected chi connectivity index (χ0v) is 12.9. The monoisotopic (exact) mass is 251 g/mol. The van der Waals surface area contributed by atoms with Crippen LogP contribution in [0.5, 0.6) is 0 Å². The highest BCUT2D eigenvalue weighted by atomic mass is 14.9. The molecular formula is C17H33N. The van der Waals surface area contributed by atoms with Gasteiger partial charge < -0.3 is 5.32 Å². The van der Waals surface area contributed by atoms with Crippen molar-refractivity contribution in [2.45, 2.75) is 78.6 Å². The summed E-state index contributed by atoms with van der Waals surface area (Å²) in [6, 6.07) is 0. The number of allylic oxidation sites excluding steroid dienone is 1. The molecule has 0 fully saturated rings. The normalized spacial score (nSPS) is 16.7. The van der Waals surface area contributed by atoms with Crippen LogP contribution in [-0.4, -0.2) is 13.1 Å².